The Hall–Kier alpha value is -1.82. The van der Waals surface area contributed by atoms with Gasteiger partial charge in [0.15, 0.2) is 0 Å². The van der Waals surface area contributed by atoms with Crippen molar-refractivity contribution in [2.24, 2.45) is 0 Å². The third kappa shape index (κ3) is 2.95. The molecule has 0 saturated carbocycles. The fourth-order valence-electron chi connectivity index (χ4n) is 3.12. The molecule has 0 bridgehead atoms. The van der Waals surface area contributed by atoms with Crippen molar-refractivity contribution in [3.05, 3.63) is 22.5 Å². The highest BCUT2D eigenvalue weighted by atomic mass is 16.4. The number of nitrogens with one attached hydrogen (secondary N) is 2. The van der Waals surface area contributed by atoms with E-state index in [1.54, 1.807) is 13.8 Å². The summed E-state index contributed by atoms with van der Waals surface area (Å²) in [7, 11) is 0. The Morgan fingerprint density at radius 3 is 2.29 bits per heavy atom. The van der Waals surface area contributed by atoms with Crippen molar-refractivity contribution in [3.8, 4) is 0 Å². The molecule has 2 atom stereocenters. The van der Waals surface area contributed by atoms with Gasteiger partial charge in [-0.15, -0.1) is 0 Å². The van der Waals surface area contributed by atoms with E-state index in [0.717, 1.165) is 12.8 Å². The lowest BCUT2D eigenvalue weighted by molar-refractivity contribution is 0.0369. The van der Waals surface area contributed by atoms with Gasteiger partial charge >= 0.3 is 5.97 Å². The summed E-state index contributed by atoms with van der Waals surface area (Å²) in [5.41, 5.74) is 4.52. The second-order valence-electron chi connectivity index (χ2n) is 5.91. The minimum absolute atomic E-state index is 0.0809. The van der Waals surface area contributed by atoms with Gasteiger partial charge in [0.1, 0.15) is 5.69 Å². The lowest BCUT2D eigenvalue weighted by Crippen LogP contribution is -2.54. The molecular weight excluding hydrogens is 270 g/mol. The first-order valence-corrected chi connectivity index (χ1v) is 7.34. The molecule has 1 aliphatic rings. The average molecular weight is 293 g/mol. The molecule has 1 amide bonds. The highest BCUT2D eigenvalue weighted by molar-refractivity contribution is 6.00. The maximum atomic E-state index is 12.5. The number of carboxylic acid groups (broad SMARTS) is 1. The predicted molar refractivity (Wildman–Crippen MR) is 79.3 cm³/mol. The Kier molecular flexibility index (Phi) is 4.37. The van der Waals surface area contributed by atoms with Gasteiger partial charge in [-0.25, -0.2) is 9.80 Å². The van der Waals surface area contributed by atoms with Crippen molar-refractivity contribution in [1.29, 1.82) is 0 Å². The fourth-order valence-corrected chi connectivity index (χ4v) is 3.12. The number of hydrogen-bond donors (Lipinski definition) is 3. The number of aryl methyl sites for hydroxylation is 1. The molecule has 2 unspecified atom stereocenters. The summed E-state index contributed by atoms with van der Waals surface area (Å²) in [4.78, 5) is 26.4. The first-order chi connectivity index (χ1) is 9.82. The molecule has 0 radical (unpaired) electrons. The molecule has 1 fully saturated rings. The summed E-state index contributed by atoms with van der Waals surface area (Å²) in [6.45, 7) is 7.56. The van der Waals surface area contributed by atoms with Crippen LogP contribution < -0.4 is 5.43 Å². The topological polar surface area (TPSA) is 85.4 Å². The number of H-pyrrole nitrogens is 1. The van der Waals surface area contributed by atoms with Crippen LogP contribution in [0.5, 0.6) is 0 Å². The normalized spacial score (nSPS) is 23.0. The van der Waals surface area contributed by atoms with Gasteiger partial charge in [0.05, 0.1) is 5.56 Å². The van der Waals surface area contributed by atoms with Gasteiger partial charge in [0.2, 0.25) is 0 Å². The van der Waals surface area contributed by atoms with Crippen LogP contribution in [-0.4, -0.2) is 39.1 Å². The van der Waals surface area contributed by atoms with Gasteiger partial charge in [-0.05, 0) is 46.1 Å². The molecule has 1 aliphatic heterocycles. The van der Waals surface area contributed by atoms with Crippen molar-refractivity contribution in [2.75, 3.05) is 0 Å². The largest absolute Gasteiger partial charge is 0.477 e. The van der Waals surface area contributed by atoms with Gasteiger partial charge in [-0.3, -0.25) is 10.2 Å². The minimum Gasteiger partial charge on any atom is -0.477 e. The fraction of sp³-hybridized carbons (Fsp3) is 0.600. The van der Waals surface area contributed by atoms with Gasteiger partial charge in [0.25, 0.3) is 5.91 Å². The summed E-state index contributed by atoms with van der Waals surface area (Å²) < 4.78 is 0. The van der Waals surface area contributed by atoms with Crippen LogP contribution in [0.2, 0.25) is 0 Å². The molecule has 0 aromatic carbocycles. The molecule has 0 aliphatic carbocycles. The Morgan fingerprint density at radius 1 is 1.24 bits per heavy atom. The van der Waals surface area contributed by atoms with Gasteiger partial charge in [0, 0.05) is 17.8 Å². The number of nitrogens with zero attached hydrogens (tertiary/aromatic N) is 1. The van der Waals surface area contributed by atoms with E-state index >= 15 is 0 Å². The number of rotatable bonds is 3. The van der Waals surface area contributed by atoms with Crippen molar-refractivity contribution in [1.82, 2.24) is 15.4 Å². The number of hydrazine groups is 1. The van der Waals surface area contributed by atoms with Gasteiger partial charge in [-0.2, -0.15) is 0 Å². The van der Waals surface area contributed by atoms with Crippen molar-refractivity contribution < 1.29 is 14.7 Å². The molecule has 1 aromatic rings. The molecule has 2 rings (SSSR count). The highest BCUT2D eigenvalue weighted by Gasteiger charge is 2.28. The maximum Gasteiger partial charge on any atom is 0.352 e. The number of hydrogen-bond acceptors (Lipinski definition) is 3. The number of carboxylic acids is 1. The minimum atomic E-state index is -1.05. The molecule has 21 heavy (non-hydrogen) atoms. The monoisotopic (exact) mass is 293 g/mol. The summed E-state index contributed by atoms with van der Waals surface area (Å²) in [6, 6.07) is 0.576. The molecule has 1 aromatic heterocycles. The molecule has 3 N–H and O–H groups in total. The number of carbonyl (C=O) groups is 2. The summed E-state index contributed by atoms with van der Waals surface area (Å²) >= 11 is 0. The smallest absolute Gasteiger partial charge is 0.352 e. The van der Waals surface area contributed by atoms with E-state index in [4.69, 9.17) is 5.11 Å². The Bertz CT molecular complexity index is 555. The van der Waals surface area contributed by atoms with Crippen LogP contribution in [0.25, 0.3) is 0 Å². The van der Waals surface area contributed by atoms with Crippen LogP contribution >= 0.6 is 0 Å². The number of piperidine rings is 1. The van der Waals surface area contributed by atoms with Crippen LogP contribution in [-0.2, 0) is 0 Å². The molecule has 6 heteroatoms. The molecule has 116 valence electrons. The third-order valence-electron chi connectivity index (χ3n) is 4.30. The number of aromatic nitrogens is 1. The second-order valence-corrected chi connectivity index (χ2v) is 5.91. The summed E-state index contributed by atoms with van der Waals surface area (Å²) in [5, 5.41) is 11.1. The average Bonchev–Trinajstić information content (AvgIpc) is 2.69. The van der Waals surface area contributed by atoms with Crippen LogP contribution in [0.4, 0.5) is 0 Å². The van der Waals surface area contributed by atoms with E-state index in [1.165, 1.54) is 6.42 Å². The number of aromatic amines is 1. The quantitative estimate of drug-likeness (QED) is 0.798. The summed E-state index contributed by atoms with van der Waals surface area (Å²) in [5.74, 6) is -1.29. The first-order valence-electron chi connectivity index (χ1n) is 7.34. The number of aromatic carboxylic acids is 1. The highest BCUT2D eigenvalue weighted by Crippen LogP contribution is 2.22. The molecular formula is C15H23N3O3. The molecule has 2 heterocycles. The zero-order valence-electron chi connectivity index (χ0n) is 13.0. The van der Waals surface area contributed by atoms with E-state index in [2.05, 4.69) is 24.3 Å². The second kappa shape index (κ2) is 5.89. The van der Waals surface area contributed by atoms with Crippen molar-refractivity contribution >= 4 is 11.9 Å². The Morgan fingerprint density at radius 2 is 1.81 bits per heavy atom. The zero-order chi connectivity index (χ0) is 15.7. The van der Waals surface area contributed by atoms with E-state index in [-0.39, 0.29) is 23.7 Å². The van der Waals surface area contributed by atoms with Crippen molar-refractivity contribution in [3.63, 3.8) is 0 Å². The molecule has 0 spiro atoms. The van der Waals surface area contributed by atoms with Crippen molar-refractivity contribution in [2.45, 2.75) is 59.0 Å². The van der Waals surface area contributed by atoms with Gasteiger partial charge in [-0.1, -0.05) is 6.42 Å². The summed E-state index contributed by atoms with van der Waals surface area (Å²) in [6.07, 6.45) is 3.27. The van der Waals surface area contributed by atoms with E-state index in [1.807, 2.05) is 5.01 Å². The third-order valence-corrected chi connectivity index (χ3v) is 4.30. The zero-order valence-corrected chi connectivity index (χ0v) is 13.0. The lowest BCUT2D eigenvalue weighted by Gasteiger charge is -2.38. The number of carbonyl (C=O) groups excluding carboxylic acids is 1. The van der Waals surface area contributed by atoms with E-state index in [0.29, 0.717) is 16.8 Å². The molecule has 1 saturated heterocycles. The molecule has 6 nitrogen and oxygen atoms in total. The van der Waals surface area contributed by atoms with Gasteiger partial charge < -0.3 is 10.1 Å². The Balaban J connectivity index is 2.22. The first kappa shape index (κ1) is 15.6. The predicted octanol–water partition coefficient (Wildman–Crippen LogP) is 2.24. The van der Waals surface area contributed by atoms with Crippen LogP contribution in [0.1, 0.15) is 65.2 Å². The standard InChI is InChI=1S/C15H23N3O3/c1-8-6-5-7-9(2)18(8)17-14(19)12-10(3)13(15(20)21)16-11(12)4/h8-9,16H,5-7H2,1-4H3,(H,17,19)(H,20,21). The lowest BCUT2D eigenvalue weighted by atomic mass is 10.00. The van der Waals surface area contributed by atoms with E-state index in [9.17, 15) is 9.59 Å². The van der Waals surface area contributed by atoms with Crippen LogP contribution in [0.3, 0.4) is 0 Å². The maximum absolute atomic E-state index is 12.5. The van der Waals surface area contributed by atoms with Crippen LogP contribution in [0.15, 0.2) is 0 Å². The number of amides is 1. The Labute approximate surface area is 124 Å². The van der Waals surface area contributed by atoms with E-state index < -0.39 is 5.97 Å². The SMILES string of the molecule is Cc1[nH]c(C(=O)O)c(C)c1C(=O)NN1C(C)CCCC1C. The van der Waals surface area contributed by atoms with Crippen LogP contribution in [0, 0.1) is 13.8 Å².